The molecule has 1 heterocycles. The van der Waals surface area contributed by atoms with Crippen molar-refractivity contribution in [3.63, 3.8) is 0 Å². The Labute approximate surface area is 128 Å². The van der Waals surface area contributed by atoms with E-state index >= 15 is 0 Å². The van der Waals surface area contributed by atoms with E-state index in [-0.39, 0.29) is 16.2 Å². The number of hydrogen-bond acceptors (Lipinski definition) is 5. The summed E-state index contributed by atoms with van der Waals surface area (Å²) in [7, 11) is -3.34. The van der Waals surface area contributed by atoms with Gasteiger partial charge in [0.25, 0.3) is 5.91 Å². The Morgan fingerprint density at radius 3 is 2.95 bits per heavy atom. The number of carbonyl (C=O) groups is 1. The Balaban J connectivity index is 1.85. The van der Waals surface area contributed by atoms with E-state index in [4.69, 9.17) is 4.52 Å². The van der Waals surface area contributed by atoms with Crippen LogP contribution in [0.2, 0.25) is 0 Å². The summed E-state index contributed by atoms with van der Waals surface area (Å²) in [5, 5.41) is 6.60. The fraction of sp³-hybridized carbons (Fsp3) is 0.333. The lowest BCUT2D eigenvalue weighted by molar-refractivity contribution is 0.102. The second-order valence-corrected chi connectivity index (χ2v) is 7.45. The lowest BCUT2D eigenvalue weighted by Crippen LogP contribution is -2.13. The Morgan fingerprint density at radius 2 is 2.18 bits per heavy atom. The Bertz CT molecular complexity index is 824. The highest BCUT2D eigenvalue weighted by molar-refractivity contribution is 7.91. The van der Waals surface area contributed by atoms with Gasteiger partial charge in [-0.05, 0) is 37.5 Å². The minimum absolute atomic E-state index is 0.00627. The zero-order valence-electron chi connectivity index (χ0n) is 12.1. The largest absolute Gasteiger partial charge is 0.338 e. The van der Waals surface area contributed by atoms with Gasteiger partial charge in [0.1, 0.15) is 0 Å². The van der Waals surface area contributed by atoms with Crippen molar-refractivity contribution in [1.29, 1.82) is 0 Å². The molecule has 1 aliphatic rings. The molecular weight excluding hydrogens is 304 g/mol. The number of sulfone groups is 1. The van der Waals surface area contributed by atoms with E-state index in [2.05, 4.69) is 10.5 Å². The number of aryl methyl sites for hydroxylation is 1. The van der Waals surface area contributed by atoms with Crippen molar-refractivity contribution in [2.75, 3.05) is 11.1 Å². The van der Waals surface area contributed by atoms with Gasteiger partial charge in [-0.2, -0.15) is 0 Å². The van der Waals surface area contributed by atoms with Crippen LogP contribution in [0.4, 0.5) is 5.88 Å². The van der Waals surface area contributed by atoms with Gasteiger partial charge in [-0.15, -0.1) is 0 Å². The van der Waals surface area contributed by atoms with E-state index in [1.807, 2.05) is 0 Å². The zero-order chi connectivity index (χ0) is 15.7. The second kappa shape index (κ2) is 5.57. The van der Waals surface area contributed by atoms with Gasteiger partial charge >= 0.3 is 0 Å². The average molecular weight is 320 g/mol. The number of carbonyl (C=O) groups excluding carboxylic acids is 1. The molecule has 6 nitrogen and oxygen atoms in total. The lowest BCUT2D eigenvalue weighted by Gasteiger charge is -2.06. The van der Waals surface area contributed by atoms with Crippen LogP contribution in [0.15, 0.2) is 33.7 Å². The molecule has 3 rings (SSSR count). The molecule has 7 heteroatoms. The second-order valence-electron chi connectivity index (χ2n) is 5.18. The van der Waals surface area contributed by atoms with Crippen molar-refractivity contribution < 1.29 is 17.7 Å². The summed E-state index contributed by atoms with van der Waals surface area (Å²) in [6.45, 7) is 1.57. The Kier molecular flexibility index (Phi) is 3.74. The third-order valence-corrected chi connectivity index (χ3v) is 5.50. The lowest BCUT2D eigenvalue weighted by atomic mass is 10.2. The minimum atomic E-state index is -3.34. The highest BCUT2D eigenvalue weighted by Crippen LogP contribution is 2.28. The van der Waals surface area contributed by atoms with Crippen molar-refractivity contribution in [2.24, 2.45) is 0 Å². The van der Waals surface area contributed by atoms with E-state index in [9.17, 15) is 13.2 Å². The molecule has 1 aromatic heterocycles. The number of hydrogen-bond donors (Lipinski definition) is 1. The molecule has 0 saturated heterocycles. The molecule has 22 heavy (non-hydrogen) atoms. The van der Waals surface area contributed by atoms with Crippen LogP contribution in [0.25, 0.3) is 0 Å². The number of aromatic nitrogens is 1. The van der Waals surface area contributed by atoms with Crippen LogP contribution in [0.1, 0.15) is 35.0 Å². The molecule has 116 valence electrons. The molecule has 0 unspecified atom stereocenters. The molecule has 1 aromatic carbocycles. The van der Waals surface area contributed by atoms with Gasteiger partial charge in [0.2, 0.25) is 5.88 Å². The normalized spacial score (nSPS) is 13.9. The first kappa shape index (κ1) is 14.8. The summed E-state index contributed by atoms with van der Waals surface area (Å²) >= 11 is 0. The summed E-state index contributed by atoms with van der Waals surface area (Å²) in [6.07, 6.45) is 2.69. The number of rotatable bonds is 4. The predicted molar refractivity (Wildman–Crippen MR) is 80.7 cm³/mol. The maximum absolute atomic E-state index is 12.3. The topological polar surface area (TPSA) is 89.3 Å². The average Bonchev–Trinajstić information content (AvgIpc) is 3.12. The van der Waals surface area contributed by atoms with Crippen LogP contribution in [-0.4, -0.2) is 25.2 Å². The first-order valence-electron chi connectivity index (χ1n) is 7.13. The standard InChI is InChI=1S/C15H16N2O4S/c1-2-22(19,20)11-6-3-5-10(9-11)14(18)16-15-12-7-4-8-13(12)17-21-15/h3,5-6,9H,2,4,7-8H2,1H3,(H,16,18). The van der Waals surface area contributed by atoms with Crippen LogP contribution in [0, 0.1) is 0 Å². The molecule has 0 fully saturated rings. The summed E-state index contributed by atoms with van der Waals surface area (Å²) in [5.74, 6) is -0.0477. The highest BCUT2D eigenvalue weighted by atomic mass is 32.2. The zero-order valence-corrected chi connectivity index (χ0v) is 12.9. The molecular formula is C15H16N2O4S. The first-order chi connectivity index (χ1) is 10.5. The summed E-state index contributed by atoms with van der Waals surface area (Å²) in [6, 6.07) is 6.00. The van der Waals surface area contributed by atoms with Gasteiger partial charge < -0.3 is 4.52 Å². The number of nitrogens with one attached hydrogen (secondary N) is 1. The van der Waals surface area contributed by atoms with Gasteiger partial charge in [0, 0.05) is 11.1 Å². The molecule has 0 spiro atoms. The number of fused-ring (bicyclic) bond motifs is 1. The predicted octanol–water partition coefficient (Wildman–Crippen LogP) is 2.21. The van der Waals surface area contributed by atoms with Crippen molar-refractivity contribution >= 4 is 21.6 Å². The molecule has 1 aliphatic carbocycles. The first-order valence-corrected chi connectivity index (χ1v) is 8.78. The smallest absolute Gasteiger partial charge is 0.258 e. The fourth-order valence-corrected chi connectivity index (χ4v) is 3.43. The van der Waals surface area contributed by atoms with Crippen LogP contribution in [-0.2, 0) is 22.7 Å². The van der Waals surface area contributed by atoms with E-state index in [0.717, 1.165) is 30.5 Å². The van der Waals surface area contributed by atoms with Crippen molar-refractivity contribution in [3.8, 4) is 0 Å². The Morgan fingerprint density at radius 1 is 1.36 bits per heavy atom. The third kappa shape index (κ3) is 2.64. The maximum Gasteiger partial charge on any atom is 0.258 e. The van der Waals surface area contributed by atoms with Crippen LogP contribution in [0.3, 0.4) is 0 Å². The maximum atomic E-state index is 12.3. The summed E-state index contributed by atoms with van der Waals surface area (Å²) < 4.78 is 28.9. The number of anilines is 1. The van der Waals surface area contributed by atoms with Crippen LogP contribution in [0.5, 0.6) is 0 Å². The van der Waals surface area contributed by atoms with Gasteiger partial charge in [-0.1, -0.05) is 18.1 Å². The molecule has 2 aromatic rings. The van der Waals surface area contributed by atoms with Crippen molar-refractivity contribution in [3.05, 3.63) is 41.1 Å². The number of benzene rings is 1. The third-order valence-electron chi connectivity index (χ3n) is 3.77. The van der Waals surface area contributed by atoms with E-state index in [1.165, 1.54) is 12.1 Å². The molecule has 0 atom stereocenters. The quantitative estimate of drug-likeness (QED) is 0.933. The number of nitrogens with zero attached hydrogens (tertiary/aromatic N) is 1. The van der Waals surface area contributed by atoms with E-state index in [1.54, 1.807) is 19.1 Å². The van der Waals surface area contributed by atoms with Crippen molar-refractivity contribution in [1.82, 2.24) is 5.16 Å². The fourth-order valence-electron chi connectivity index (χ4n) is 2.50. The SMILES string of the molecule is CCS(=O)(=O)c1cccc(C(=O)Nc2onc3c2CCC3)c1. The monoisotopic (exact) mass is 320 g/mol. The molecule has 0 radical (unpaired) electrons. The molecule has 1 amide bonds. The summed E-state index contributed by atoms with van der Waals surface area (Å²) in [5.41, 5.74) is 2.10. The summed E-state index contributed by atoms with van der Waals surface area (Å²) in [4.78, 5) is 12.4. The van der Waals surface area contributed by atoms with Gasteiger partial charge in [-0.3, -0.25) is 10.1 Å². The molecule has 0 bridgehead atoms. The van der Waals surface area contributed by atoms with E-state index < -0.39 is 15.7 Å². The van der Waals surface area contributed by atoms with Gasteiger partial charge in [0.15, 0.2) is 9.84 Å². The van der Waals surface area contributed by atoms with Crippen LogP contribution >= 0.6 is 0 Å². The van der Waals surface area contributed by atoms with Gasteiger partial charge in [0.05, 0.1) is 16.3 Å². The molecule has 0 aliphatic heterocycles. The molecule has 1 N–H and O–H groups in total. The minimum Gasteiger partial charge on any atom is -0.338 e. The van der Waals surface area contributed by atoms with Crippen molar-refractivity contribution in [2.45, 2.75) is 31.1 Å². The molecule has 0 saturated carbocycles. The number of amides is 1. The van der Waals surface area contributed by atoms with E-state index in [0.29, 0.717) is 5.88 Å². The van der Waals surface area contributed by atoms with Crippen LogP contribution < -0.4 is 5.32 Å². The Hall–Kier alpha value is -2.15. The highest BCUT2D eigenvalue weighted by Gasteiger charge is 2.23. The van der Waals surface area contributed by atoms with Gasteiger partial charge in [-0.25, -0.2) is 8.42 Å².